The van der Waals surface area contributed by atoms with Crippen LogP contribution in [0.15, 0.2) is 22.7 Å². The summed E-state index contributed by atoms with van der Waals surface area (Å²) in [7, 11) is 0. The van der Waals surface area contributed by atoms with E-state index in [-0.39, 0.29) is 5.92 Å². The van der Waals surface area contributed by atoms with Crippen LogP contribution in [0.5, 0.6) is 0 Å². The molecule has 1 rings (SSSR count). The second-order valence-electron chi connectivity index (χ2n) is 3.35. The summed E-state index contributed by atoms with van der Waals surface area (Å²) in [4.78, 5) is 0. The number of hydrogen-bond acceptors (Lipinski definition) is 0. The second-order valence-corrected chi connectivity index (χ2v) is 4.21. The fourth-order valence-corrected chi connectivity index (χ4v) is 2.20. The van der Waals surface area contributed by atoms with Gasteiger partial charge in [-0.05, 0) is 23.6 Å². The van der Waals surface area contributed by atoms with Crippen molar-refractivity contribution in [2.45, 2.75) is 25.9 Å². The highest BCUT2D eigenvalue weighted by Crippen LogP contribution is 2.38. The first-order chi connectivity index (χ1) is 6.34. The van der Waals surface area contributed by atoms with Crippen LogP contribution >= 0.6 is 15.9 Å². The predicted octanol–water partition coefficient (Wildman–Crippen LogP) is 4.59. The molecule has 0 saturated heterocycles. The molecule has 0 atom stereocenters. The molecule has 0 spiro atoms. The van der Waals surface area contributed by atoms with Crippen molar-refractivity contribution >= 4 is 15.9 Å². The average Bonchev–Trinajstić information content (AvgIpc) is 2.01. The van der Waals surface area contributed by atoms with Gasteiger partial charge in [-0.25, -0.2) is 0 Å². The van der Waals surface area contributed by atoms with Crippen molar-refractivity contribution in [1.29, 1.82) is 0 Å². The average molecular weight is 267 g/mol. The summed E-state index contributed by atoms with van der Waals surface area (Å²) in [5.41, 5.74) is -0.234. The van der Waals surface area contributed by atoms with Crippen LogP contribution < -0.4 is 0 Å². The summed E-state index contributed by atoms with van der Waals surface area (Å²) >= 11 is 3.14. The van der Waals surface area contributed by atoms with Crippen molar-refractivity contribution in [3.05, 3.63) is 33.8 Å². The molecular weight excluding hydrogens is 257 g/mol. The molecule has 0 nitrogen and oxygen atoms in total. The summed E-state index contributed by atoms with van der Waals surface area (Å²) in [6, 6.07) is 4.14. The topological polar surface area (TPSA) is 0 Å². The smallest absolute Gasteiger partial charge is 0.166 e. The van der Waals surface area contributed by atoms with Crippen molar-refractivity contribution in [1.82, 2.24) is 0 Å². The molecule has 0 heterocycles. The number of benzene rings is 1. The first-order valence-corrected chi connectivity index (χ1v) is 4.99. The van der Waals surface area contributed by atoms with Gasteiger partial charge in [0.25, 0.3) is 0 Å². The van der Waals surface area contributed by atoms with E-state index in [2.05, 4.69) is 15.9 Å². The predicted molar refractivity (Wildman–Crippen MR) is 53.2 cm³/mol. The highest BCUT2D eigenvalue weighted by atomic mass is 79.9. The highest BCUT2D eigenvalue weighted by Gasteiger charge is 2.34. The summed E-state index contributed by atoms with van der Waals surface area (Å²) in [6.45, 7) is 3.49. The number of alkyl halides is 3. The molecular formula is C10H10BrF3. The lowest BCUT2D eigenvalue weighted by atomic mass is 9.97. The van der Waals surface area contributed by atoms with Crippen molar-refractivity contribution in [3.63, 3.8) is 0 Å². The summed E-state index contributed by atoms with van der Waals surface area (Å²) in [6.07, 6.45) is -4.27. The Morgan fingerprint density at radius 1 is 1.21 bits per heavy atom. The molecule has 78 valence electrons. The van der Waals surface area contributed by atoms with Crippen LogP contribution in [0.4, 0.5) is 13.2 Å². The Hall–Kier alpha value is -0.510. The third-order valence-corrected chi connectivity index (χ3v) is 2.63. The Morgan fingerprint density at radius 2 is 1.79 bits per heavy atom. The van der Waals surface area contributed by atoms with Crippen molar-refractivity contribution < 1.29 is 13.2 Å². The lowest BCUT2D eigenvalue weighted by Gasteiger charge is -2.16. The molecule has 14 heavy (non-hydrogen) atoms. The van der Waals surface area contributed by atoms with Gasteiger partial charge in [-0.1, -0.05) is 35.8 Å². The van der Waals surface area contributed by atoms with Crippen molar-refractivity contribution in [2.24, 2.45) is 0 Å². The largest absolute Gasteiger partial charge is 0.416 e. The molecule has 0 aliphatic heterocycles. The maximum Gasteiger partial charge on any atom is 0.416 e. The molecule has 1 aromatic carbocycles. The highest BCUT2D eigenvalue weighted by molar-refractivity contribution is 9.10. The minimum absolute atomic E-state index is 0.151. The maximum absolute atomic E-state index is 12.6. The maximum atomic E-state index is 12.6. The molecule has 0 aliphatic carbocycles. The van der Waals surface area contributed by atoms with Crippen LogP contribution in [0.25, 0.3) is 0 Å². The van der Waals surface area contributed by atoms with E-state index in [9.17, 15) is 13.2 Å². The fraction of sp³-hybridized carbons (Fsp3) is 0.400. The van der Waals surface area contributed by atoms with Gasteiger partial charge in [0, 0.05) is 4.47 Å². The molecule has 0 unspecified atom stereocenters. The van der Waals surface area contributed by atoms with Crippen LogP contribution in [0.1, 0.15) is 30.9 Å². The van der Waals surface area contributed by atoms with Crippen LogP contribution in [0, 0.1) is 0 Å². The Labute approximate surface area is 89.3 Å². The quantitative estimate of drug-likeness (QED) is 0.698. The first-order valence-electron chi connectivity index (χ1n) is 4.19. The lowest BCUT2D eigenvalue weighted by Crippen LogP contribution is -2.10. The van der Waals surface area contributed by atoms with Gasteiger partial charge in [0.2, 0.25) is 0 Å². The SMILES string of the molecule is CC(C)c1c(Br)cccc1C(F)(F)F. The molecule has 1 aromatic rings. The van der Waals surface area contributed by atoms with E-state index in [1.54, 1.807) is 19.9 Å². The van der Waals surface area contributed by atoms with E-state index < -0.39 is 11.7 Å². The molecule has 4 heteroatoms. The molecule has 0 bridgehead atoms. The van der Waals surface area contributed by atoms with E-state index in [0.717, 1.165) is 6.07 Å². The summed E-state index contributed by atoms with van der Waals surface area (Å²) in [5, 5.41) is 0. The second kappa shape index (κ2) is 3.93. The summed E-state index contributed by atoms with van der Waals surface area (Å²) < 4.78 is 38.2. The molecule has 0 aromatic heterocycles. The van der Waals surface area contributed by atoms with E-state index in [1.165, 1.54) is 6.07 Å². The zero-order valence-electron chi connectivity index (χ0n) is 7.82. The van der Waals surface area contributed by atoms with Gasteiger partial charge in [-0.2, -0.15) is 13.2 Å². The Bertz CT molecular complexity index is 329. The van der Waals surface area contributed by atoms with Crippen LogP contribution in [-0.4, -0.2) is 0 Å². The third-order valence-electron chi connectivity index (χ3n) is 1.94. The van der Waals surface area contributed by atoms with Crippen molar-refractivity contribution in [2.75, 3.05) is 0 Å². The van der Waals surface area contributed by atoms with E-state index >= 15 is 0 Å². The molecule has 0 radical (unpaired) electrons. The minimum atomic E-state index is -4.27. The first kappa shape index (κ1) is 11.6. The molecule has 0 amide bonds. The molecule has 0 saturated carbocycles. The zero-order valence-corrected chi connectivity index (χ0v) is 9.41. The normalized spacial score (nSPS) is 12.2. The third kappa shape index (κ3) is 2.29. The number of hydrogen-bond donors (Lipinski definition) is 0. The monoisotopic (exact) mass is 266 g/mol. The van der Waals surface area contributed by atoms with Crippen LogP contribution in [-0.2, 0) is 6.18 Å². The van der Waals surface area contributed by atoms with Gasteiger partial charge >= 0.3 is 6.18 Å². The van der Waals surface area contributed by atoms with E-state index in [1.807, 2.05) is 0 Å². The van der Waals surface area contributed by atoms with Gasteiger partial charge in [0.15, 0.2) is 0 Å². The zero-order chi connectivity index (χ0) is 10.9. The van der Waals surface area contributed by atoms with E-state index in [4.69, 9.17) is 0 Å². The Balaban J connectivity index is 3.36. The Kier molecular flexibility index (Phi) is 3.24. The molecule has 0 fully saturated rings. The van der Waals surface area contributed by atoms with Gasteiger partial charge in [-0.3, -0.25) is 0 Å². The lowest BCUT2D eigenvalue weighted by molar-refractivity contribution is -0.138. The number of rotatable bonds is 1. The number of halogens is 4. The van der Waals surface area contributed by atoms with Crippen LogP contribution in [0.3, 0.4) is 0 Å². The standard InChI is InChI=1S/C10H10BrF3/c1-6(2)9-7(10(12,13)14)4-3-5-8(9)11/h3-6H,1-2H3. The fourth-order valence-electron chi connectivity index (χ4n) is 1.37. The Morgan fingerprint density at radius 3 is 2.14 bits per heavy atom. The van der Waals surface area contributed by atoms with Gasteiger partial charge in [0.05, 0.1) is 5.56 Å². The van der Waals surface area contributed by atoms with E-state index in [0.29, 0.717) is 10.0 Å². The van der Waals surface area contributed by atoms with Gasteiger partial charge in [-0.15, -0.1) is 0 Å². The van der Waals surface area contributed by atoms with Gasteiger partial charge < -0.3 is 0 Å². The summed E-state index contributed by atoms with van der Waals surface area (Å²) in [5.74, 6) is -0.151. The van der Waals surface area contributed by atoms with Gasteiger partial charge in [0.1, 0.15) is 0 Å². The van der Waals surface area contributed by atoms with Crippen LogP contribution in [0.2, 0.25) is 0 Å². The molecule has 0 N–H and O–H groups in total. The van der Waals surface area contributed by atoms with Crippen molar-refractivity contribution in [3.8, 4) is 0 Å². The minimum Gasteiger partial charge on any atom is -0.166 e. The molecule has 0 aliphatic rings.